The van der Waals surface area contributed by atoms with Crippen molar-refractivity contribution in [2.75, 3.05) is 0 Å². The second kappa shape index (κ2) is 25.1. The molecule has 184 valence electrons. The number of unbranched alkanes of at least 4 members (excludes halogenated alkanes) is 12. The zero-order valence-corrected chi connectivity index (χ0v) is 26.6. The van der Waals surface area contributed by atoms with Crippen molar-refractivity contribution in [1.29, 1.82) is 0 Å². The normalized spacial score (nSPS) is 9.58. The highest BCUT2D eigenvalue weighted by Gasteiger charge is 1.95. The van der Waals surface area contributed by atoms with Gasteiger partial charge in [-0.3, -0.25) is 0 Å². The van der Waals surface area contributed by atoms with Gasteiger partial charge in [-0.05, 0) is 60.6 Å². The maximum absolute atomic E-state index is 5.12. The lowest BCUT2D eigenvalue weighted by atomic mass is 10.1. The Hall–Kier alpha value is -0.0400. The molecule has 33 heavy (non-hydrogen) atoms. The molecule has 0 saturated carbocycles. The van der Waals surface area contributed by atoms with E-state index in [-0.39, 0.29) is 0 Å². The molecule has 2 rings (SSSR count). The van der Waals surface area contributed by atoms with Crippen LogP contribution in [0.3, 0.4) is 0 Å². The molecular formula is C28H39Br3S2. The molecule has 0 N–H and O–H groups in total. The Bertz CT molecular complexity index is 773. The zero-order valence-electron chi connectivity index (χ0n) is 20.2. The molecule has 5 heteroatoms. The third-order valence-electron chi connectivity index (χ3n) is 4.74. The van der Waals surface area contributed by atoms with Gasteiger partial charge in [0.1, 0.15) is 0 Å². The Morgan fingerprint density at radius 3 is 1.52 bits per heavy atom. The maximum Gasteiger partial charge on any atom is 0.0494 e. The van der Waals surface area contributed by atoms with Gasteiger partial charge >= 0.3 is 0 Å². The first-order chi connectivity index (χ1) is 16.1. The molecular weight excluding hydrogens is 640 g/mol. The lowest BCUT2D eigenvalue weighted by Crippen LogP contribution is -1.78. The van der Waals surface area contributed by atoms with Gasteiger partial charge < -0.3 is 0 Å². The van der Waals surface area contributed by atoms with Crippen LogP contribution < -0.4 is 0 Å². The first-order valence-corrected chi connectivity index (χ1v) is 16.3. The zero-order chi connectivity index (χ0) is 24.6. The van der Waals surface area contributed by atoms with Gasteiger partial charge in [-0.15, -0.1) is 23.7 Å². The summed E-state index contributed by atoms with van der Waals surface area (Å²) >= 11 is 13.5. The molecule has 0 nitrogen and oxygen atoms in total. The molecule has 0 atom stereocenters. The second-order valence-electron chi connectivity index (χ2n) is 7.74. The van der Waals surface area contributed by atoms with Crippen molar-refractivity contribution in [2.45, 2.75) is 104 Å². The van der Waals surface area contributed by atoms with E-state index in [2.05, 4.69) is 90.2 Å². The minimum atomic E-state index is 0.964. The average Bonchev–Trinajstić information content (AvgIpc) is 3.40. The Balaban J connectivity index is 0.000000513. The fourth-order valence-electron chi connectivity index (χ4n) is 2.80. The van der Waals surface area contributed by atoms with Crippen LogP contribution in [0.4, 0.5) is 0 Å². The molecule has 2 heterocycles. The van der Waals surface area contributed by atoms with E-state index in [4.69, 9.17) is 6.42 Å². The molecule has 0 aliphatic heterocycles. The molecule has 0 fully saturated rings. The predicted octanol–water partition coefficient (Wildman–Crippen LogP) is 12.3. The quantitative estimate of drug-likeness (QED) is 0.155. The van der Waals surface area contributed by atoms with Crippen LogP contribution in [0.15, 0.2) is 34.9 Å². The van der Waals surface area contributed by atoms with E-state index in [1.165, 1.54) is 77.0 Å². The van der Waals surface area contributed by atoms with E-state index in [0.717, 1.165) is 31.8 Å². The standard InChI is InChI=1S/C14H19BrS.C10H18.C4H2Br2S/c1-2-3-4-5-6-7-8-9-10-13-11-16-12-14(13)15;1-3-5-7-9-10-8-6-4-2;5-3-1-7-2-4(3)6/h11-12H,2-8H2,1H3;1H,4-10H2,2H3;1-2H. The Kier molecular flexibility index (Phi) is 25.0. The monoisotopic (exact) mass is 676 g/mol. The van der Waals surface area contributed by atoms with Crippen molar-refractivity contribution in [2.24, 2.45) is 0 Å². The molecule has 2 aromatic rings. The van der Waals surface area contributed by atoms with Crippen LogP contribution in [0, 0.1) is 24.2 Å². The molecule has 0 unspecified atom stereocenters. The van der Waals surface area contributed by atoms with Crippen molar-refractivity contribution >= 4 is 70.5 Å². The summed E-state index contributed by atoms with van der Waals surface area (Å²) in [7, 11) is 0. The van der Waals surface area contributed by atoms with Gasteiger partial charge in [0.05, 0.1) is 0 Å². The van der Waals surface area contributed by atoms with Crippen molar-refractivity contribution < 1.29 is 0 Å². The van der Waals surface area contributed by atoms with Crippen LogP contribution in [0.25, 0.3) is 0 Å². The van der Waals surface area contributed by atoms with Crippen LogP contribution in [0.5, 0.6) is 0 Å². The average molecular weight is 679 g/mol. The van der Waals surface area contributed by atoms with Gasteiger partial charge in [0.2, 0.25) is 0 Å². The molecule has 0 aromatic carbocycles. The van der Waals surface area contributed by atoms with Gasteiger partial charge in [-0.25, -0.2) is 0 Å². The molecule has 2 aromatic heterocycles. The SMILES string of the molecule is Brc1cscc1Br.C#CCCCCCCCC.CCCCCCCCC#Cc1cscc1Br. The number of halogens is 3. The van der Waals surface area contributed by atoms with Gasteiger partial charge in [-0.1, -0.05) is 89.9 Å². The Morgan fingerprint density at radius 1 is 0.636 bits per heavy atom. The predicted molar refractivity (Wildman–Crippen MR) is 163 cm³/mol. The molecule has 0 amide bonds. The maximum atomic E-state index is 5.12. The summed E-state index contributed by atoms with van der Waals surface area (Å²) in [5, 5.41) is 8.24. The van der Waals surface area contributed by atoms with E-state index in [9.17, 15) is 0 Å². The van der Waals surface area contributed by atoms with Crippen molar-refractivity contribution in [1.82, 2.24) is 0 Å². The van der Waals surface area contributed by atoms with Crippen LogP contribution in [0.2, 0.25) is 0 Å². The summed E-state index contributed by atoms with van der Waals surface area (Å²) in [5.74, 6) is 9.11. The van der Waals surface area contributed by atoms with Crippen molar-refractivity contribution in [3.63, 3.8) is 0 Å². The molecule has 0 aliphatic rings. The minimum Gasteiger partial charge on any atom is -0.150 e. The fourth-order valence-corrected chi connectivity index (χ4v) is 5.86. The summed E-state index contributed by atoms with van der Waals surface area (Å²) < 4.78 is 3.41. The number of hydrogen-bond acceptors (Lipinski definition) is 2. The minimum absolute atomic E-state index is 0.964. The summed E-state index contributed by atoms with van der Waals surface area (Å²) in [5.41, 5.74) is 1.14. The van der Waals surface area contributed by atoms with E-state index in [1.54, 1.807) is 22.7 Å². The van der Waals surface area contributed by atoms with Crippen LogP contribution in [-0.4, -0.2) is 0 Å². The first kappa shape index (κ1) is 33.0. The van der Waals surface area contributed by atoms with Crippen molar-refractivity contribution in [3.05, 3.63) is 40.5 Å². The number of hydrogen-bond donors (Lipinski definition) is 0. The lowest BCUT2D eigenvalue weighted by molar-refractivity contribution is 0.614. The van der Waals surface area contributed by atoms with Crippen LogP contribution >= 0.6 is 70.5 Å². The molecule has 0 aliphatic carbocycles. The van der Waals surface area contributed by atoms with E-state index >= 15 is 0 Å². The van der Waals surface area contributed by atoms with Crippen LogP contribution in [-0.2, 0) is 0 Å². The smallest absolute Gasteiger partial charge is 0.0494 e. The van der Waals surface area contributed by atoms with Gasteiger partial charge in [0.25, 0.3) is 0 Å². The highest BCUT2D eigenvalue weighted by molar-refractivity contribution is 9.13. The summed E-state index contributed by atoms with van der Waals surface area (Å²) in [6.07, 6.45) is 23.2. The molecule has 0 bridgehead atoms. The summed E-state index contributed by atoms with van der Waals surface area (Å²) in [4.78, 5) is 0. The molecule has 0 spiro atoms. The van der Waals surface area contributed by atoms with E-state index < -0.39 is 0 Å². The second-order valence-corrected chi connectivity index (χ2v) is 11.8. The fraction of sp³-hybridized carbons (Fsp3) is 0.571. The number of thiophene rings is 2. The Morgan fingerprint density at radius 2 is 1.09 bits per heavy atom. The highest BCUT2D eigenvalue weighted by atomic mass is 79.9. The third-order valence-corrected chi connectivity index (χ3v) is 9.64. The van der Waals surface area contributed by atoms with E-state index in [0.29, 0.717) is 0 Å². The lowest BCUT2D eigenvalue weighted by Gasteiger charge is -1.96. The summed E-state index contributed by atoms with van der Waals surface area (Å²) in [6, 6.07) is 0. The Labute approximate surface area is 237 Å². The summed E-state index contributed by atoms with van der Waals surface area (Å²) in [6.45, 7) is 4.49. The molecule has 0 radical (unpaired) electrons. The van der Waals surface area contributed by atoms with Crippen molar-refractivity contribution in [3.8, 4) is 24.2 Å². The van der Waals surface area contributed by atoms with Gasteiger partial charge in [0, 0.05) is 53.3 Å². The number of terminal acetylenes is 1. The third kappa shape index (κ3) is 21.0. The van der Waals surface area contributed by atoms with Gasteiger partial charge in [-0.2, -0.15) is 11.3 Å². The first-order valence-electron chi connectivity index (χ1n) is 12.1. The molecule has 0 saturated heterocycles. The van der Waals surface area contributed by atoms with Crippen LogP contribution in [0.1, 0.15) is 109 Å². The topological polar surface area (TPSA) is 0 Å². The number of rotatable bonds is 12. The largest absolute Gasteiger partial charge is 0.150 e. The highest BCUT2D eigenvalue weighted by Crippen LogP contribution is 2.26. The van der Waals surface area contributed by atoms with E-state index in [1.807, 2.05) is 10.8 Å². The van der Waals surface area contributed by atoms with Gasteiger partial charge in [0.15, 0.2) is 0 Å².